The SMILES string of the molecule is CC1CN(CCOc2ccc(C(N)=S)cc2)CC(C)(C)O1. The summed E-state index contributed by atoms with van der Waals surface area (Å²) in [5, 5.41) is 0. The third kappa shape index (κ3) is 4.95. The molecule has 0 amide bonds. The van der Waals surface area contributed by atoms with Crippen LogP contribution in [0.2, 0.25) is 0 Å². The van der Waals surface area contributed by atoms with E-state index in [1.54, 1.807) is 0 Å². The highest BCUT2D eigenvalue weighted by atomic mass is 32.1. The minimum absolute atomic E-state index is 0.0872. The van der Waals surface area contributed by atoms with Crippen molar-refractivity contribution in [3.63, 3.8) is 0 Å². The molecule has 0 aliphatic carbocycles. The first kappa shape index (κ1) is 16.2. The predicted molar refractivity (Wildman–Crippen MR) is 88.9 cm³/mol. The van der Waals surface area contributed by atoms with Gasteiger partial charge in [-0.05, 0) is 45.0 Å². The molecule has 2 rings (SSSR count). The van der Waals surface area contributed by atoms with Gasteiger partial charge in [0, 0.05) is 25.2 Å². The summed E-state index contributed by atoms with van der Waals surface area (Å²) >= 11 is 4.93. The van der Waals surface area contributed by atoms with Crippen LogP contribution in [0.3, 0.4) is 0 Å². The second-order valence-electron chi connectivity index (χ2n) is 6.16. The Bertz CT molecular complexity index is 488. The topological polar surface area (TPSA) is 47.7 Å². The summed E-state index contributed by atoms with van der Waals surface area (Å²) in [5.74, 6) is 0.843. The molecule has 0 bridgehead atoms. The molecular weight excluding hydrogens is 284 g/mol. The van der Waals surface area contributed by atoms with Crippen LogP contribution in [0.1, 0.15) is 26.3 Å². The maximum Gasteiger partial charge on any atom is 0.119 e. The zero-order valence-electron chi connectivity index (χ0n) is 13.0. The molecule has 0 aromatic heterocycles. The van der Waals surface area contributed by atoms with Crippen molar-refractivity contribution in [1.82, 2.24) is 4.90 Å². The van der Waals surface area contributed by atoms with Gasteiger partial charge in [0.05, 0.1) is 11.7 Å². The van der Waals surface area contributed by atoms with Gasteiger partial charge in [-0.25, -0.2) is 0 Å². The summed E-state index contributed by atoms with van der Waals surface area (Å²) in [4.78, 5) is 2.79. The quantitative estimate of drug-likeness (QED) is 0.845. The van der Waals surface area contributed by atoms with Gasteiger partial charge in [-0.15, -0.1) is 0 Å². The molecule has 0 spiro atoms. The van der Waals surface area contributed by atoms with E-state index in [1.165, 1.54) is 0 Å². The van der Waals surface area contributed by atoms with Crippen molar-refractivity contribution in [2.24, 2.45) is 5.73 Å². The number of nitrogens with two attached hydrogens (primary N) is 1. The smallest absolute Gasteiger partial charge is 0.119 e. The number of hydrogen-bond donors (Lipinski definition) is 1. The molecule has 1 aliphatic rings. The fourth-order valence-electron chi connectivity index (χ4n) is 2.76. The van der Waals surface area contributed by atoms with Gasteiger partial charge in [0.25, 0.3) is 0 Å². The lowest BCUT2D eigenvalue weighted by Gasteiger charge is -2.41. The van der Waals surface area contributed by atoms with E-state index in [2.05, 4.69) is 25.7 Å². The first-order valence-electron chi connectivity index (χ1n) is 7.28. The highest BCUT2D eigenvalue weighted by Crippen LogP contribution is 2.20. The van der Waals surface area contributed by atoms with Crippen LogP contribution in [0.15, 0.2) is 24.3 Å². The van der Waals surface area contributed by atoms with E-state index in [9.17, 15) is 0 Å². The minimum atomic E-state index is -0.0872. The van der Waals surface area contributed by atoms with Gasteiger partial charge in [0.15, 0.2) is 0 Å². The molecular formula is C16H24N2O2S. The van der Waals surface area contributed by atoms with Crippen LogP contribution >= 0.6 is 12.2 Å². The maximum absolute atomic E-state index is 5.90. The number of nitrogens with zero attached hydrogens (tertiary/aromatic N) is 1. The van der Waals surface area contributed by atoms with Crippen LogP contribution in [0.4, 0.5) is 0 Å². The van der Waals surface area contributed by atoms with Crippen molar-refractivity contribution in [1.29, 1.82) is 0 Å². The Morgan fingerprint density at radius 3 is 2.67 bits per heavy atom. The zero-order chi connectivity index (χ0) is 15.5. The lowest BCUT2D eigenvalue weighted by atomic mass is 10.1. The van der Waals surface area contributed by atoms with Crippen LogP contribution in [0.25, 0.3) is 0 Å². The summed E-state index contributed by atoms with van der Waals surface area (Å²) < 4.78 is 11.7. The number of hydrogen-bond acceptors (Lipinski definition) is 4. The van der Waals surface area contributed by atoms with Crippen molar-refractivity contribution in [3.05, 3.63) is 29.8 Å². The monoisotopic (exact) mass is 308 g/mol. The van der Waals surface area contributed by atoms with Crippen LogP contribution in [-0.4, -0.2) is 47.8 Å². The van der Waals surface area contributed by atoms with Gasteiger partial charge in [-0.1, -0.05) is 12.2 Å². The molecule has 5 heteroatoms. The lowest BCUT2D eigenvalue weighted by Crippen LogP contribution is -2.52. The Hall–Kier alpha value is -1.17. The predicted octanol–water partition coefficient (Wildman–Crippen LogP) is 2.20. The van der Waals surface area contributed by atoms with Crippen LogP contribution in [0.5, 0.6) is 5.75 Å². The number of rotatable bonds is 5. The van der Waals surface area contributed by atoms with Crippen molar-refractivity contribution in [2.75, 3.05) is 26.2 Å². The molecule has 1 saturated heterocycles. The van der Waals surface area contributed by atoms with Crippen molar-refractivity contribution in [3.8, 4) is 5.75 Å². The number of ether oxygens (including phenoxy) is 2. The van der Waals surface area contributed by atoms with E-state index in [1.807, 2.05) is 24.3 Å². The average Bonchev–Trinajstić information content (AvgIpc) is 2.37. The number of thiocarbonyl (C=S) groups is 1. The van der Waals surface area contributed by atoms with Gasteiger partial charge < -0.3 is 15.2 Å². The standard InChI is InChI=1S/C16H24N2O2S/c1-12-10-18(11-16(2,3)20-12)8-9-19-14-6-4-13(5-7-14)15(17)21/h4-7,12H,8-11H2,1-3H3,(H2,17,21). The normalized spacial score (nSPS) is 22.0. The Labute approximate surface area is 132 Å². The molecule has 0 radical (unpaired) electrons. The largest absolute Gasteiger partial charge is 0.492 e. The molecule has 1 fully saturated rings. The molecule has 1 unspecified atom stereocenters. The van der Waals surface area contributed by atoms with Crippen LogP contribution < -0.4 is 10.5 Å². The third-order valence-corrected chi connectivity index (χ3v) is 3.69. The fourth-order valence-corrected chi connectivity index (χ4v) is 2.90. The van der Waals surface area contributed by atoms with E-state index in [-0.39, 0.29) is 11.7 Å². The second-order valence-corrected chi connectivity index (χ2v) is 6.60. The van der Waals surface area contributed by atoms with E-state index >= 15 is 0 Å². The first-order chi connectivity index (χ1) is 9.85. The molecule has 4 nitrogen and oxygen atoms in total. The summed E-state index contributed by atoms with van der Waals surface area (Å²) in [5.41, 5.74) is 6.35. The van der Waals surface area contributed by atoms with Gasteiger partial charge >= 0.3 is 0 Å². The van der Waals surface area contributed by atoms with Crippen molar-refractivity contribution < 1.29 is 9.47 Å². The van der Waals surface area contributed by atoms with Crippen molar-refractivity contribution >= 4 is 17.2 Å². The third-order valence-electron chi connectivity index (χ3n) is 3.45. The molecule has 2 N–H and O–H groups in total. The van der Waals surface area contributed by atoms with E-state index in [0.29, 0.717) is 11.6 Å². The molecule has 1 atom stereocenters. The fraction of sp³-hybridized carbons (Fsp3) is 0.562. The molecule has 1 aromatic carbocycles. The van der Waals surface area contributed by atoms with Gasteiger partial charge in [-0.2, -0.15) is 0 Å². The second kappa shape index (κ2) is 6.73. The summed E-state index contributed by atoms with van der Waals surface area (Å²) in [6.45, 7) is 9.82. The minimum Gasteiger partial charge on any atom is -0.492 e. The molecule has 0 saturated carbocycles. The Balaban J connectivity index is 1.80. The molecule has 1 aromatic rings. The van der Waals surface area contributed by atoms with Gasteiger partial charge in [0.2, 0.25) is 0 Å². The summed E-state index contributed by atoms with van der Waals surface area (Å²) in [7, 11) is 0. The number of benzene rings is 1. The van der Waals surface area contributed by atoms with Crippen LogP contribution in [0, 0.1) is 0 Å². The van der Waals surface area contributed by atoms with E-state index in [4.69, 9.17) is 27.4 Å². The molecule has 116 valence electrons. The number of morpholine rings is 1. The Kier molecular flexibility index (Phi) is 5.19. The molecule has 1 aliphatic heterocycles. The van der Waals surface area contributed by atoms with Gasteiger partial charge in [-0.3, -0.25) is 4.90 Å². The summed E-state index contributed by atoms with van der Waals surface area (Å²) in [6.07, 6.45) is 0.263. The molecule has 21 heavy (non-hydrogen) atoms. The zero-order valence-corrected chi connectivity index (χ0v) is 13.8. The average molecular weight is 308 g/mol. The lowest BCUT2D eigenvalue weighted by molar-refractivity contribution is -0.129. The van der Waals surface area contributed by atoms with Crippen LogP contribution in [-0.2, 0) is 4.74 Å². The highest BCUT2D eigenvalue weighted by molar-refractivity contribution is 7.80. The van der Waals surface area contributed by atoms with E-state index in [0.717, 1.165) is 30.9 Å². The Morgan fingerprint density at radius 1 is 1.43 bits per heavy atom. The van der Waals surface area contributed by atoms with Crippen molar-refractivity contribution in [2.45, 2.75) is 32.5 Å². The Morgan fingerprint density at radius 2 is 2.10 bits per heavy atom. The molecule has 1 heterocycles. The highest BCUT2D eigenvalue weighted by Gasteiger charge is 2.30. The first-order valence-corrected chi connectivity index (χ1v) is 7.69. The maximum atomic E-state index is 5.90. The van der Waals surface area contributed by atoms with Gasteiger partial charge in [0.1, 0.15) is 17.3 Å². The van der Waals surface area contributed by atoms with E-state index < -0.39 is 0 Å². The summed E-state index contributed by atoms with van der Waals surface area (Å²) in [6, 6.07) is 7.58.